The smallest absolute Gasteiger partial charge is 0.227 e. The molecule has 5 nitrogen and oxygen atoms in total. The van der Waals surface area contributed by atoms with Crippen molar-refractivity contribution in [2.24, 2.45) is 5.92 Å². The Labute approximate surface area is 145 Å². The van der Waals surface area contributed by atoms with Crippen molar-refractivity contribution in [3.63, 3.8) is 0 Å². The van der Waals surface area contributed by atoms with Crippen molar-refractivity contribution in [2.75, 3.05) is 6.61 Å². The minimum absolute atomic E-state index is 0.127. The standard InChI is InChI=1S/C20H22O5/c1-20-5-4-16(23)12-8-25-19(17(12)20)18(24)11-6-9-10(7-13(11)20)15(22)3-2-14(9)21/h6-7,12,14-16,21-23H,2-5,8H2,1H3. The summed E-state index contributed by atoms with van der Waals surface area (Å²) in [6.45, 7) is 2.46. The number of aliphatic hydroxyl groups is 3. The first-order valence-electron chi connectivity index (χ1n) is 9.06. The fourth-order valence-electron chi connectivity index (χ4n) is 5.31. The van der Waals surface area contributed by atoms with Gasteiger partial charge in [-0.3, -0.25) is 4.79 Å². The normalized spacial score (nSPS) is 38.8. The zero-order valence-electron chi connectivity index (χ0n) is 14.2. The average molecular weight is 342 g/mol. The summed E-state index contributed by atoms with van der Waals surface area (Å²) in [6.07, 6.45) is 0.696. The zero-order chi connectivity index (χ0) is 17.5. The van der Waals surface area contributed by atoms with E-state index in [1.165, 1.54) is 0 Å². The lowest BCUT2D eigenvalue weighted by Gasteiger charge is -2.44. The highest BCUT2D eigenvalue weighted by Gasteiger charge is 2.53. The molecule has 5 rings (SSSR count). The lowest BCUT2D eigenvalue weighted by atomic mass is 9.58. The molecule has 0 radical (unpaired) electrons. The van der Waals surface area contributed by atoms with Crippen molar-refractivity contribution >= 4 is 5.78 Å². The highest BCUT2D eigenvalue weighted by Crippen LogP contribution is 2.55. The van der Waals surface area contributed by atoms with E-state index >= 15 is 0 Å². The number of ketones is 1. The molecular weight excluding hydrogens is 320 g/mol. The van der Waals surface area contributed by atoms with Gasteiger partial charge in [0, 0.05) is 16.9 Å². The maximum atomic E-state index is 13.0. The van der Waals surface area contributed by atoms with Gasteiger partial charge in [0.1, 0.15) is 0 Å². The molecule has 3 aliphatic carbocycles. The third-order valence-corrected chi connectivity index (χ3v) is 6.72. The summed E-state index contributed by atoms with van der Waals surface area (Å²) in [4.78, 5) is 13.0. The van der Waals surface area contributed by atoms with Crippen LogP contribution in [0.4, 0.5) is 0 Å². The number of carbonyl (C=O) groups is 1. The van der Waals surface area contributed by atoms with Crippen molar-refractivity contribution in [1.29, 1.82) is 0 Å². The molecular formula is C20H22O5. The number of ether oxygens (including phenoxy) is 1. The van der Waals surface area contributed by atoms with Gasteiger partial charge in [-0.05, 0) is 54.0 Å². The van der Waals surface area contributed by atoms with Gasteiger partial charge in [0.25, 0.3) is 0 Å². The number of benzene rings is 1. The van der Waals surface area contributed by atoms with Gasteiger partial charge in [-0.1, -0.05) is 13.0 Å². The maximum Gasteiger partial charge on any atom is 0.227 e. The van der Waals surface area contributed by atoms with Gasteiger partial charge >= 0.3 is 0 Å². The summed E-state index contributed by atoms with van der Waals surface area (Å²) in [6, 6.07) is 3.68. The largest absolute Gasteiger partial charge is 0.489 e. The van der Waals surface area contributed by atoms with Crippen LogP contribution in [0.25, 0.3) is 0 Å². The molecule has 1 heterocycles. The van der Waals surface area contributed by atoms with E-state index in [9.17, 15) is 20.1 Å². The van der Waals surface area contributed by atoms with Crippen molar-refractivity contribution in [3.05, 3.63) is 45.7 Å². The van der Waals surface area contributed by atoms with Crippen LogP contribution in [-0.4, -0.2) is 33.8 Å². The van der Waals surface area contributed by atoms with Gasteiger partial charge in [0.2, 0.25) is 5.78 Å². The van der Waals surface area contributed by atoms with E-state index in [2.05, 4.69) is 6.92 Å². The Balaban J connectivity index is 1.76. The molecule has 1 aromatic carbocycles. The van der Waals surface area contributed by atoms with Crippen LogP contribution in [0.3, 0.4) is 0 Å². The summed E-state index contributed by atoms with van der Waals surface area (Å²) in [5, 5.41) is 31.1. The number of hydrogen-bond donors (Lipinski definition) is 3. The Kier molecular flexibility index (Phi) is 3.07. The number of aliphatic hydroxyl groups excluding tert-OH is 3. The van der Waals surface area contributed by atoms with Crippen LogP contribution in [-0.2, 0) is 10.2 Å². The van der Waals surface area contributed by atoms with Crippen LogP contribution in [0.1, 0.15) is 71.9 Å². The van der Waals surface area contributed by atoms with Crippen LogP contribution in [0.2, 0.25) is 0 Å². The van der Waals surface area contributed by atoms with Crippen molar-refractivity contribution in [2.45, 2.75) is 56.3 Å². The molecule has 5 heteroatoms. The van der Waals surface area contributed by atoms with E-state index in [0.29, 0.717) is 42.8 Å². The third-order valence-electron chi connectivity index (χ3n) is 6.72. The Hall–Kier alpha value is -1.69. The quantitative estimate of drug-likeness (QED) is 0.672. The highest BCUT2D eigenvalue weighted by molar-refractivity contribution is 6.11. The number of fused-ring (bicyclic) bond motifs is 3. The Morgan fingerprint density at radius 1 is 1.08 bits per heavy atom. The molecule has 0 spiro atoms. The van der Waals surface area contributed by atoms with E-state index < -0.39 is 18.3 Å². The van der Waals surface area contributed by atoms with Crippen LogP contribution < -0.4 is 0 Å². The predicted octanol–water partition coefficient (Wildman–Crippen LogP) is 2.06. The molecule has 5 atom stereocenters. The van der Waals surface area contributed by atoms with Crippen molar-refractivity contribution < 1.29 is 24.9 Å². The van der Waals surface area contributed by atoms with E-state index in [0.717, 1.165) is 23.1 Å². The molecule has 1 fully saturated rings. The Morgan fingerprint density at radius 2 is 1.76 bits per heavy atom. The van der Waals surface area contributed by atoms with Gasteiger partial charge in [-0.25, -0.2) is 0 Å². The second-order valence-corrected chi connectivity index (χ2v) is 8.06. The highest BCUT2D eigenvalue weighted by atomic mass is 16.5. The fourth-order valence-corrected chi connectivity index (χ4v) is 5.31. The monoisotopic (exact) mass is 342 g/mol. The molecule has 1 aliphatic heterocycles. The van der Waals surface area contributed by atoms with Crippen LogP contribution in [0.5, 0.6) is 0 Å². The molecule has 132 valence electrons. The first-order chi connectivity index (χ1) is 11.9. The van der Waals surface area contributed by atoms with E-state index in [-0.39, 0.29) is 17.1 Å². The molecule has 0 aromatic heterocycles. The Morgan fingerprint density at radius 3 is 2.48 bits per heavy atom. The molecule has 5 unspecified atom stereocenters. The van der Waals surface area contributed by atoms with Crippen LogP contribution in [0, 0.1) is 5.92 Å². The zero-order valence-corrected chi connectivity index (χ0v) is 14.2. The molecule has 3 N–H and O–H groups in total. The number of rotatable bonds is 0. The van der Waals surface area contributed by atoms with E-state index in [1.807, 2.05) is 6.07 Å². The summed E-state index contributed by atoms with van der Waals surface area (Å²) in [5.41, 5.74) is 3.43. The molecule has 0 saturated heterocycles. The van der Waals surface area contributed by atoms with Crippen LogP contribution in [0.15, 0.2) is 23.5 Å². The number of hydrogen-bond acceptors (Lipinski definition) is 5. The lowest BCUT2D eigenvalue weighted by molar-refractivity contribution is 0.0629. The molecule has 1 aromatic rings. The van der Waals surface area contributed by atoms with Crippen LogP contribution >= 0.6 is 0 Å². The summed E-state index contributed by atoms with van der Waals surface area (Å²) < 4.78 is 5.73. The second-order valence-electron chi connectivity index (χ2n) is 8.06. The third kappa shape index (κ3) is 1.86. The summed E-state index contributed by atoms with van der Waals surface area (Å²) >= 11 is 0. The van der Waals surface area contributed by atoms with E-state index in [1.54, 1.807) is 6.07 Å². The number of allylic oxidation sites excluding steroid dienone is 1. The van der Waals surface area contributed by atoms with Crippen molar-refractivity contribution in [1.82, 2.24) is 0 Å². The van der Waals surface area contributed by atoms with Gasteiger partial charge in [-0.15, -0.1) is 0 Å². The minimum atomic E-state index is -0.648. The molecule has 25 heavy (non-hydrogen) atoms. The number of carbonyl (C=O) groups excluding carboxylic acids is 1. The fraction of sp³-hybridized carbons (Fsp3) is 0.550. The second kappa shape index (κ2) is 4.93. The summed E-state index contributed by atoms with van der Waals surface area (Å²) in [5.74, 6) is 0.107. The van der Waals surface area contributed by atoms with Gasteiger partial charge in [0.15, 0.2) is 5.76 Å². The first-order valence-corrected chi connectivity index (χ1v) is 9.06. The number of Topliss-reactive ketones (excluding diaryl/α,β-unsaturated/α-hetero) is 1. The van der Waals surface area contributed by atoms with E-state index in [4.69, 9.17) is 4.74 Å². The summed E-state index contributed by atoms with van der Waals surface area (Å²) in [7, 11) is 0. The van der Waals surface area contributed by atoms with Gasteiger partial charge in [0.05, 0.1) is 24.9 Å². The van der Waals surface area contributed by atoms with Gasteiger partial charge < -0.3 is 20.1 Å². The lowest BCUT2D eigenvalue weighted by Crippen LogP contribution is -2.43. The average Bonchev–Trinajstić information content (AvgIpc) is 3.06. The minimum Gasteiger partial charge on any atom is -0.489 e. The van der Waals surface area contributed by atoms with Crippen molar-refractivity contribution in [3.8, 4) is 0 Å². The topological polar surface area (TPSA) is 87.0 Å². The Bertz CT molecular complexity index is 826. The molecule has 0 amide bonds. The predicted molar refractivity (Wildman–Crippen MR) is 89.0 cm³/mol. The SMILES string of the molecule is CC12CCC(O)C3COC(=C31)C(=O)c1cc3c(cc12)C(O)CCC3O. The molecule has 4 aliphatic rings. The molecule has 1 saturated carbocycles. The molecule has 0 bridgehead atoms. The maximum absolute atomic E-state index is 13.0. The van der Waals surface area contributed by atoms with Gasteiger partial charge in [-0.2, -0.15) is 0 Å². The first kappa shape index (κ1) is 15.6.